The molecule has 18 heavy (non-hydrogen) atoms. The number of rotatable bonds is 8. The third-order valence-corrected chi connectivity index (χ3v) is 2.77. The molecule has 0 radical (unpaired) electrons. The second-order valence-electron chi connectivity index (χ2n) is 4.50. The van der Waals surface area contributed by atoms with E-state index in [9.17, 15) is 9.59 Å². The SMILES string of the molecule is CC(=O)CCCCCOc1ccc(C=O)cc1C. The maximum atomic E-state index is 10.7. The molecule has 98 valence electrons. The van der Waals surface area contributed by atoms with Crippen molar-refractivity contribution in [2.24, 2.45) is 0 Å². The maximum Gasteiger partial charge on any atom is 0.150 e. The summed E-state index contributed by atoms with van der Waals surface area (Å²) in [6, 6.07) is 5.40. The first kappa shape index (κ1) is 14.4. The van der Waals surface area contributed by atoms with E-state index in [4.69, 9.17) is 4.74 Å². The highest BCUT2D eigenvalue weighted by molar-refractivity contribution is 5.75. The Morgan fingerprint density at radius 3 is 2.67 bits per heavy atom. The third kappa shape index (κ3) is 5.13. The summed E-state index contributed by atoms with van der Waals surface area (Å²) >= 11 is 0. The van der Waals surface area contributed by atoms with E-state index >= 15 is 0 Å². The molecule has 0 spiro atoms. The normalized spacial score (nSPS) is 10.1. The molecule has 0 fully saturated rings. The van der Waals surface area contributed by atoms with Gasteiger partial charge in [0.1, 0.15) is 17.8 Å². The van der Waals surface area contributed by atoms with Crippen LogP contribution in [0.25, 0.3) is 0 Å². The fraction of sp³-hybridized carbons (Fsp3) is 0.467. The summed E-state index contributed by atoms with van der Waals surface area (Å²) in [7, 11) is 0. The van der Waals surface area contributed by atoms with E-state index in [1.54, 1.807) is 13.0 Å². The van der Waals surface area contributed by atoms with Gasteiger partial charge in [-0.05, 0) is 56.9 Å². The summed E-state index contributed by atoms with van der Waals surface area (Å²) in [5.74, 6) is 1.07. The number of benzene rings is 1. The lowest BCUT2D eigenvalue weighted by Crippen LogP contribution is -2.00. The van der Waals surface area contributed by atoms with Crippen molar-refractivity contribution in [1.82, 2.24) is 0 Å². The van der Waals surface area contributed by atoms with E-state index in [0.29, 0.717) is 18.6 Å². The minimum Gasteiger partial charge on any atom is -0.493 e. The predicted octanol–water partition coefficient (Wildman–Crippen LogP) is 3.34. The number of carbonyl (C=O) groups excluding carboxylic acids is 2. The van der Waals surface area contributed by atoms with Crippen LogP contribution in [0.5, 0.6) is 5.75 Å². The van der Waals surface area contributed by atoms with Crippen molar-refractivity contribution in [3.63, 3.8) is 0 Å². The highest BCUT2D eigenvalue weighted by Crippen LogP contribution is 2.18. The van der Waals surface area contributed by atoms with E-state index in [0.717, 1.165) is 36.9 Å². The van der Waals surface area contributed by atoms with Crippen LogP contribution in [0.3, 0.4) is 0 Å². The van der Waals surface area contributed by atoms with Gasteiger partial charge in [-0.3, -0.25) is 4.79 Å². The summed E-state index contributed by atoms with van der Waals surface area (Å²) in [5, 5.41) is 0. The van der Waals surface area contributed by atoms with Crippen molar-refractivity contribution in [3.05, 3.63) is 29.3 Å². The summed E-state index contributed by atoms with van der Waals surface area (Å²) < 4.78 is 5.64. The largest absolute Gasteiger partial charge is 0.493 e. The number of hydrogen-bond donors (Lipinski definition) is 0. The number of Topliss-reactive ketones (excluding diaryl/α,β-unsaturated/α-hetero) is 1. The van der Waals surface area contributed by atoms with Crippen molar-refractivity contribution in [3.8, 4) is 5.75 Å². The van der Waals surface area contributed by atoms with E-state index in [1.165, 1.54) is 0 Å². The highest BCUT2D eigenvalue weighted by atomic mass is 16.5. The Kier molecular flexibility index (Phi) is 6.12. The lowest BCUT2D eigenvalue weighted by atomic mass is 10.1. The molecule has 1 aromatic rings. The van der Waals surface area contributed by atoms with Crippen molar-refractivity contribution in [1.29, 1.82) is 0 Å². The molecule has 0 atom stereocenters. The van der Waals surface area contributed by atoms with Gasteiger partial charge >= 0.3 is 0 Å². The molecule has 0 N–H and O–H groups in total. The fourth-order valence-electron chi connectivity index (χ4n) is 1.74. The van der Waals surface area contributed by atoms with E-state index in [-0.39, 0.29) is 5.78 Å². The number of aldehydes is 1. The Hall–Kier alpha value is -1.64. The molecular weight excluding hydrogens is 228 g/mol. The first-order valence-corrected chi connectivity index (χ1v) is 6.31. The van der Waals surface area contributed by atoms with Crippen molar-refractivity contribution in [2.75, 3.05) is 6.61 Å². The maximum absolute atomic E-state index is 10.7. The average molecular weight is 248 g/mol. The molecule has 3 nitrogen and oxygen atoms in total. The third-order valence-electron chi connectivity index (χ3n) is 2.77. The van der Waals surface area contributed by atoms with E-state index in [1.807, 2.05) is 19.1 Å². The van der Waals surface area contributed by atoms with Gasteiger partial charge in [0.05, 0.1) is 6.61 Å². The van der Waals surface area contributed by atoms with Gasteiger partial charge in [0.25, 0.3) is 0 Å². The van der Waals surface area contributed by atoms with Gasteiger partial charge in [0.15, 0.2) is 0 Å². The molecule has 0 saturated heterocycles. The zero-order valence-electron chi connectivity index (χ0n) is 11.1. The molecule has 0 saturated carbocycles. The van der Waals surface area contributed by atoms with Crippen LogP contribution in [0.15, 0.2) is 18.2 Å². The average Bonchev–Trinajstić information content (AvgIpc) is 2.34. The Labute approximate surface area is 108 Å². The van der Waals surface area contributed by atoms with Gasteiger partial charge in [-0.1, -0.05) is 0 Å². The van der Waals surface area contributed by atoms with Crippen LogP contribution >= 0.6 is 0 Å². The molecule has 0 aliphatic rings. The van der Waals surface area contributed by atoms with Gasteiger partial charge in [-0.25, -0.2) is 0 Å². The van der Waals surface area contributed by atoms with Gasteiger partial charge < -0.3 is 9.53 Å². The Morgan fingerprint density at radius 1 is 1.28 bits per heavy atom. The van der Waals surface area contributed by atoms with Crippen LogP contribution in [0.2, 0.25) is 0 Å². The molecule has 0 unspecified atom stereocenters. The van der Waals surface area contributed by atoms with Crippen LogP contribution in [0, 0.1) is 6.92 Å². The zero-order valence-corrected chi connectivity index (χ0v) is 11.1. The Bertz CT molecular complexity index is 410. The number of ether oxygens (including phenoxy) is 1. The monoisotopic (exact) mass is 248 g/mol. The van der Waals surface area contributed by atoms with Gasteiger partial charge in [-0.2, -0.15) is 0 Å². The molecule has 1 aromatic carbocycles. The molecule has 3 heteroatoms. The zero-order chi connectivity index (χ0) is 13.4. The lowest BCUT2D eigenvalue weighted by Gasteiger charge is -2.09. The van der Waals surface area contributed by atoms with Crippen molar-refractivity contribution >= 4 is 12.1 Å². The quantitative estimate of drug-likeness (QED) is 0.523. The minimum atomic E-state index is 0.246. The number of carbonyl (C=O) groups is 2. The molecule has 0 aliphatic heterocycles. The molecule has 0 heterocycles. The van der Waals surface area contributed by atoms with Crippen LogP contribution in [0.1, 0.15) is 48.5 Å². The Balaban J connectivity index is 2.27. The summed E-state index contributed by atoms with van der Waals surface area (Å²) in [6.07, 6.45) is 4.38. The molecule has 0 bridgehead atoms. The van der Waals surface area contributed by atoms with E-state index in [2.05, 4.69) is 0 Å². The number of aryl methyl sites for hydroxylation is 1. The standard InChI is InChI=1S/C15H20O3/c1-12-10-14(11-16)7-8-15(12)18-9-5-3-4-6-13(2)17/h7-8,10-11H,3-6,9H2,1-2H3. The lowest BCUT2D eigenvalue weighted by molar-refractivity contribution is -0.117. The second-order valence-corrected chi connectivity index (χ2v) is 4.50. The second kappa shape index (κ2) is 7.64. The minimum absolute atomic E-state index is 0.246. The van der Waals surface area contributed by atoms with Crippen LogP contribution in [-0.4, -0.2) is 18.7 Å². The summed E-state index contributed by atoms with van der Waals surface area (Å²) in [5.41, 5.74) is 1.64. The smallest absolute Gasteiger partial charge is 0.150 e. The van der Waals surface area contributed by atoms with Gasteiger partial charge in [-0.15, -0.1) is 0 Å². The van der Waals surface area contributed by atoms with Crippen LogP contribution < -0.4 is 4.74 Å². The Morgan fingerprint density at radius 2 is 2.06 bits per heavy atom. The predicted molar refractivity (Wildman–Crippen MR) is 71.2 cm³/mol. The molecule has 1 rings (SSSR count). The molecule has 0 aromatic heterocycles. The van der Waals surface area contributed by atoms with Crippen LogP contribution in [-0.2, 0) is 4.79 Å². The van der Waals surface area contributed by atoms with Crippen molar-refractivity contribution < 1.29 is 14.3 Å². The highest BCUT2D eigenvalue weighted by Gasteiger charge is 2.01. The van der Waals surface area contributed by atoms with Crippen LogP contribution in [0.4, 0.5) is 0 Å². The van der Waals surface area contributed by atoms with Gasteiger partial charge in [0.2, 0.25) is 0 Å². The van der Waals surface area contributed by atoms with Crippen molar-refractivity contribution in [2.45, 2.75) is 39.5 Å². The number of ketones is 1. The molecule has 0 aliphatic carbocycles. The first-order chi connectivity index (χ1) is 8.63. The first-order valence-electron chi connectivity index (χ1n) is 6.31. The number of hydrogen-bond acceptors (Lipinski definition) is 3. The topological polar surface area (TPSA) is 43.4 Å². The summed E-state index contributed by atoms with van der Waals surface area (Å²) in [6.45, 7) is 4.20. The van der Waals surface area contributed by atoms with E-state index < -0.39 is 0 Å². The molecular formula is C15H20O3. The van der Waals surface area contributed by atoms with Gasteiger partial charge in [0, 0.05) is 12.0 Å². The number of unbranched alkanes of at least 4 members (excludes halogenated alkanes) is 2. The fourth-order valence-corrected chi connectivity index (χ4v) is 1.74. The summed E-state index contributed by atoms with van der Waals surface area (Å²) in [4.78, 5) is 21.3. The molecule has 0 amide bonds.